The van der Waals surface area contributed by atoms with Crippen molar-refractivity contribution in [1.82, 2.24) is 4.98 Å². The molecule has 2 aromatic heterocycles. The third-order valence-corrected chi connectivity index (χ3v) is 6.79. The van der Waals surface area contributed by atoms with Gasteiger partial charge in [0.25, 0.3) is 12.4 Å². The van der Waals surface area contributed by atoms with Crippen LogP contribution in [0.3, 0.4) is 0 Å². The summed E-state index contributed by atoms with van der Waals surface area (Å²) in [5, 5.41) is 2.21. The van der Waals surface area contributed by atoms with Crippen molar-refractivity contribution < 1.29 is 33.7 Å². The Hall–Kier alpha value is -4.40. The Morgan fingerprint density at radius 2 is 1.50 bits per heavy atom. The second kappa shape index (κ2) is 11.8. The number of aryl methyl sites for hydroxylation is 3. The van der Waals surface area contributed by atoms with Crippen molar-refractivity contribution in [3.05, 3.63) is 138 Å². The summed E-state index contributed by atoms with van der Waals surface area (Å²) in [6.45, 7) is 6.24. The van der Waals surface area contributed by atoms with Gasteiger partial charge in [-0.1, -0.05) is 75.6 Å². The van der Waals surface area contributed by atoms with Crippen molar-refractivity contribution in [2.24, 2.45) is 0 Å². The summed E-state index contributed by atoms with van der Waals surface area (Å²) in [5.41, 5.74) is 9.54. The van der Waals surface area contributed by atoms with Crippen molar-refractivity contribution in [2.75, 3.05) is 0 Å². The molecule has 0 saturated carbocycles. The maximum atomic E-state index is 5.86. The number of fused-ring (bicyclic) bond motifs is 3. The van der Waals surface area contributed by atoms with E-state index in [0.717, 1.165) is 44.6 Å². The fraction of sp³-hybridized carbons (Fsp3) is 0.0857. The molecule has 6 aromatic rings. The topological polar surface area (TPSA) is 32.0 Å². The van der Waals surface area contributed by atoms with Crippen LogP contribution in [0, 0.1) is 32.9 Å². The minimum Gasteiger partial charge on any atom is -0.516 e. The molecule has 4 aromatic carbocycles. The summed E-state index contributed by atoms with van der Waals surface area (Å²) in [6, 6.07) is 40.3. The molecule has 7 rings (SSSR count). The fourth-order valence-electron chi connectivity index (χ4n) is 4.41. The average molecular weight is 698 g/mol. The Morgan fingerprint density at radius 1 is 0.725 bits per heavy atom. The van der Waals surface area contributed by atoms with Crippen LogP contribution in [0.4, 0.5) is 11.4 Å². The Bertz CT molecular complexity index is 1910. The monoisotopic (exact) mass is 698 g/mol. The van der Waals surface area contributed by atoms with E-state index < -0.39 is 0 Å². The van der Waals surface area contributed by atoms with E-state index in [1.54, 1.807) is 0 Å². The molecular weight excluding hydrogens is 671 g/mol. The molecule has 0 fully saturated rings. The van der Waals surface area contributed by atoms with Gasteiger partial charge in [-0.05, 0) is 31.2 Å². The molecule has 4 nitrogen and oxygen atoms in total. The number of benzene rings is 4. The van der Waals surface area contributed by atoms with Crippen LogP contribution >= 0.6 is 0 Å². The zero-order valence-corrected chi connectivity index (χ0v) is 24.9. The number of para-hydroxylation sites is 2. The number of nitrogens with zero attached hydrogens (tertiary/aromatic N) is 3. The molecule has 0 spiro atoms. The number of aromatic nitrogens is 1. The first kappa shape index (κ1) is 27.2. The Kier molecular flexibility index (Phi) is 8.00. The van der Waals surface area contributed by atoms with E-state index in [2.05, 4.69) is 86.4 Å². The Morgan fingerprint density at radius 3 is 2.27 bits per heavy atom. The summed E-state index contributed by atoms with van der Waals surface area (Å²) in [6.07, 6.45) is 5.88. The molecule has 0 unspecified atom stereocenters. The van der Waals surface area contributed by atoms with Gasteiger partial charge in [-0.15, -0.1) is 47.5 Å². The second-order valence-electron chi connectivity index (χ2n) is 9.60. The van der Waals surface area contributed by atoms with Gasteiger partial charge >= 0.3 is 6.01 Å². The quantitative estimate of drug-likeness (QED) is 0.137. The van der Waals surface area contributed by atoms with Crippen molar-refractivity contribution in [3.8, 4) is 11.3 Å². The first-order valence-electron chi connectivity index (χ1n) is 12.9. The van der Waals surface area contributed by atoms with Gasteiger partial charge in [-0.25, -0.2) is 0 Å². The van der Waals surface area contributed by atoms with Crippen LogP contribution in [-0.4, -0.2) is 20.1 Å². The van der Waals surface area contributed by atoms with E-state index in [0.29, 0.717) is 0 Å². The van der Waals surface area contributed by atoms with Gasteiger partial charge in [0.1, 0.15) is 11.3 Å². The normalized spacial score (nSPS) is 12.0. The van der Waals surface area contributed by atoms with E-state index in [1.165, 1.54) is 16.7 Å². The van der Waals surface area contributed by atoms with Gasteiger partial charge in [-0.3, -0.25) is 0 Å². The maximum Gasteiger partial charge on any atom is 0.499 e. The maximum absolute atomic E-state index is 5.86. The number of pyridine rings is 1. The van der Waals surface area contributed by atoms with Crippen molar-refractivity contribution in [3.63, 3.8) is 0 Å². The molecule has 40 heavy (non-hydrogen) atoms. The third-order valence-electron chi connectivity index (χ3n) is 6.79. The molecule has 3 heterocycles. The minimum absolute atomic E-state index is 0. The molecule has 5 heteroatoms. The molecule has 0 bridgehead atoms. The number of rotatable bonds is 3. The van der Waals surface area contributed by atoms with Crippen LogP contribution < -0.4 is 0 Å². The predicted octanol–water partition coefficient (Wildman–Crippen LogP) is 8.50. The smallest absolute Gasteiger partial charge is 0.499 e. The summed E-state index contributed by atoms with van der Waals surface area (Å²) in [5.74, 6) is 0. The first-order valence-corrected chi connectivity index (χ1v) is 12.9. The molecule has 197 valence electrons. The molecule has 1 aliphatic rings. The van der Waals surface area contributed by atoms with Gasteiger partial charge < -0.3 is 9.40 Å². The summed E-state index contributed by atoms with van der Waals surface area (Å²) < 4.78 is 9.76. The van der Waals surface area contributed by atoms with E-state index in [-0.39, 0.29) is 20.1 Å². The standard InChI is InChI=1S/C21H13N2O.C14H14N.Ir/c1-2-6-16(7-3-1)22-12-13-23(15-22)17-10-11-21-19(14-17)18-8-4-5-9-20(18)24-21;1-10-4-6-13(7-5-10)14-8-11(2)12(3)9-15-14;/h1-9,11-14H;4-6,8-9H,1-3H3;/q+1;-1;. The van der Waals surface area contributed by atoms with E-state index >= 15 is 0 Å². The van der Waals surface area contributed by atoms with E-state index in [4.69, 9.17) is 4.42 Å². The number of furan rings is 1. The number of hydrogen-bond acceptors (Lipinski definition) is 2. The Balaban J connectivity index is 0.000000175. The van der Waals surface area contributed by atoms with Crippen LogP contribution in [0.5, 0.6) is 0 Å². The largest absolute Gasteiger partial charge is 0.516 e. The van der Waals surface area contributed by atoms with Crippen molar-refractivity contribution >= 4 is 39.3 Å². The van der Waals surface area contributed by atoms with Crippen LogP contribution in [0.25, 0.3) is 33.2 Å². The van der Waals surface area contributed by atoms with Crippen LogP contribution in [0.2, 0.25) is 0 Å². The summed E-state index contributed by atoms with van der Waals surface area (Å²) in [7, 11) is 0. The minimum atomic E-state index is 0. The predicted molar refractivity (Wildman–Crippen MR) is 156 cm³/mol. The molecule has 1 radical (unpaired) electrons. The SMILES string of the molecule is C1=[N+](c2[c-]cc3oc4ccccc4c3c2)C=C[N+]=1c1ccccc1.Cc1c[c-]c(-c2cc(C)c(C)cn2)cc1.[Ir]. The second-order valence-corrected chi connectivity index (χ2v) is 9.60. The van der Waals surface area contributed by atoms with Gasteiger partial charge in [-0.2, -0.15) is 0 Å². The first-order chi connectivity index (χ1) is 19.0. The molecule has 0 amide bonds. The zero-order valence-electron chi connectivity index (χ0n) is 22.5. The van der Waals surface area contributed by atoms with Gasteiger partial charge in [0, 0.05) is 49.4 Å². The van der Waals surface area contributed by atoms with Crippen LogP contribution in [0.15, 0.2) is 114 Å². The van der Waals surface area contributed by atoms with Gasteiger partial charge in [0.15, 0.2) is 0 Å². The zero-order chi connectivity index (χ0) is 26.8. The molecule has 1 aliphatic heterocycles. The van der Waals surface area contributed by atoms with Crippen LogP contribution in [-0.2, 0) is 20.1 Å². The number of hydrogen-bond donors (Lipinski definition) is 0. The van der Waals surface area contributed by atoms with E-state index in [9.17, 15) is 0 Å². The third kappa shape index (κ3) is 5.64. The Labute approximate surface area is 247 Å². The van der Waals surface area contributed by atoms with Crippen LogP contribution in [0.1, 0.15) is 16.7 Å². The average Bonchev–Trinajstić information content (AvgIpc) is 3.61. The van der Waals surface area contributed by atoms with Crippen molar-refractivity contribution in [2.45, 2.75) is 20.8 Å². The van der Waals surface area contributed by atoms with E-state index in [1.807, 2.05) is 76.3 Å². The molecule has 0 N–H and O–H groups in total. The van der Waals surface area contributed by atoms with Gasteiger partial charge in [0.05, 0.1) is 0 Å². The van der Waals surface area contributed by atoms with Crippen molar-refractivity contribution in [1.29, 1.82) is 0 Å². The summed E-state index contributed by atoms with van der Waals surface area (Å²) >= 11 is 0. The molecular formula is C35H27IrN3O. The summed E-state index contributed by atoms with van der Waals surface area (Å²) in [4.78, 5) is 4.41. The fourth-order valence-corrected chi connectivity index (χ4v) is 4.41. The molecule has 0 saturated heterocycles. The van der Waals surface area contributed by atoms with Gasteiger partial charge in [0.2, 0.25) is 5.69 Å². The molecule has 0 atom stereocenters. The molecule has 0 aliphatic carbocycles.